The van der Waals surface area contributed by atoms with Crippen molar-refractivity contribution in [2.24, 2.45) is 0 Å². The summed E-state index contributed by atoms with van der Waals surface area (Å²) in [6.45, 7) is -1.02. The molecule has 0 spiro atoms. The summed E-state index contributed by atoms with van der Waals surface area (Å²) in [5, 5.41) is 5.18. The van der Waals surface area contributed by atoms with Gasteiger partial charge in [-0.2, -0.15) is 31.4 Å². The standard InChI is InChI=1S/C20H19F8N7O3/c21-18(22)1-2-35(14-7-12(20(26,27)28)15(36)32-31-14)10-13(18)38-17(37)34-5-3-33(4-6-34)16-29-8-11(9-30-16)19(23,24)25/h7-9,13H,1-6,10H2,(H,32,36). The Kier molecular flexibility index (Phi) is 7.09. The molecule has 0 saturated carbocycles. The largest absolute Gasteiger partial charge is 0.438 e. The SMILES string of the molecule is O=C(OC1CN(c2cc(C(F)(F)F)c(=O)[nH]n2)CCC1(F)F)N1CCN(c2ncc(C(F)(F)F)cn2)CC1. The van der Waals surface area contributed by atoms with Gasteiger partial charge in [-0.05, 0) is 0 Å². The summed E-state index contributed by atoms with van der Waals surface area (Å²) in [7, 11) is 0. The molecule has 2 saturated heterocycles. The maximum absolute atomic E-state index is 14.5. The Morgan fingerprint density at radius 3 is 2.18 bits per heavy atom. The van der Waals surface area contributed by atoms with Crippen molar-refractivity contribution in [1.29, 1.82) is 0 Å². The first-order valence-corrected chi connectivity index (χ1v) is 11.0. The zero-order valence-corrected chi connectivity index (χ0v) is 19.2. The molecule has 2 aliphatic rings. The number of amides is 1. The Balaban J connectivity index is 1.38. The molecule has 2 aromatic rings. The van der Waals surface area contributed by atoms with Crippen molar-refractivity contribution in [1.82, 2.24) is 25.1 Å². The number of carbonyl (C=O) groups excluding carboxylic acids is 1. The van der Waals surface area contributed by atoms with Crippen molar-refractivity contribution >= 4 is 17.9 Å². The van der Waals surface area contributed by atoms with Crippen LogP contribution in [0.4, 0.5) is 51.7 Å². The summed E-state index contributed by atoms with van der Waals surface area (Å²) in [6.07, 6.45) is -12.3. The van der Waals surface area contributed by atoms with Gasteiger partial charge in [0.05, 0.1) is 12.1 Å². The summed E-state index contributed by atoms with van der Waals surface area (Å²) in [5.74, 6) is -3.91. The third kappa shape index (κ3) is 5.88. The minimum atomic E-state index is -5.00. The van der Waals surface area contributed by atoms with Gasteiger partial charge in [-0.3, -0.25) is 4.79 Å². The normalized spacial score (nSPS) is 20.4. The minimum Gasteiger partial charge on any atom is -0.438 e. The Morgan fingerprint density at radius 1 is 0.974 bits per heavy atom. The molecule has 1 atom stereocenters. The first kappa shape index (κ1) is 27.3. The molecule has 4 heterocycles. The molecule has 10 nitrogen and oxygen atoms in total. The molecular formula is C20H19F8N7O3. The van der Waals surface area contributed by atoms with E-state index in [9.17, 15) is 44.7 Å². The zero-order chi connectivity index (χ0) is 27.9. The molecule has 1 unspecified atom stereocenters. The summed E-state index contributed by atoms with van der Waals surface area (Å²) < 4.78 is 111. The van der Waals surface area contributed by atoms with E-state index in [4.69, 9.17) is 4.74 Å². The van der Waals surface area contributed by atoms with Gasteiger partial charge in [-0.1, -0.05) is 0 Å². The topological polar surface area (TPSA) is 108 Å². The number of aromatic nitrogens is 4. The van der Waals surface area contributed by atoms with E-state index in [0.717, 1.165) is 9.80 Å². The maximum atomic E-state index is 14.5. The van der Waals surface area contributed by atoms with Crippen LogP contribution in [0.15, 0.2) is 23.3 Å². The molecule has 0 aliphatic carbocycles. The summed E-state index contributed by atoms with van der Waals surface area (Å²) in [5.41, 5.74) is -4.08. The number of alkyl halides is 8. The molecule has 38 heavy (non-hydrogen) atoms. The lowest BCUT2D eigenvalue weighted by Crippen LogP contribution is -2.56. The highest BCUT2D eigenvalue weighted by atomic mass is 19.4. The van der Waals surface area contributed by atoms with E-state index in [-0.39, 0.29) is 32.1 Å². The summed E-state index contributed by atoms with van der Waals surface area (Å²) >= 11 is 0. The Hall–Kier alpha value is -3.73. The van der Waals surface area contributed by atoms with Crippen LogP contribution in [-0.4, -0.2) is 82.5 Å². The molecule has 208 valence electrons. The number of rotatable bonds is 3. The predicted molar refractivity (Wildman–Crippen MR) is 113 cm³/mol. The Morgan fingerprint density at radius 2 is 1.61 bits per heavy atom. The number of anilines is 2. The molecule has 0 bridgehead atoms. The first-order valence-electron chi connectivity index (χ1n) is 11.0. The van der Waals surface area contributed by atoms with Gasteiger partial charge < -0.3 is 19.4 Å². The average Bonchev–Trinajstić information content (AvgIpc) is 2.84. The van der Waals surface area contributed by atoms with Crippen molar-refractivity contribution in [3.8, 4) is 0 Å². The van der Waals surface area contributed by atoms with Crippen LogP contribution >= 0.6 is 0 Å². The highest BCUT2D eigenvalue weighted by Crippen LogP contribution is 2.34. The third-order valence-corrected chi connectivity index (χ3v) is 6.02. The molecule has 2 aromatic heterocycles. The quantitative estimate of drug-likeness (QED) is 0.575. The highest BCUT2D eigenvalue weighted by molar-refractivity contribution is 5.68. The first-order chi connectivity index (χ1) is 17.6. The smallest absolute Gasteiger partial charge is 0.421 e. The average molecular weight is 557 g/mol. The van der Waals surface area contributed by atoms with Crippen LogP contribution in [0.2, 0.25) is 0 Å². The van der Waals surface area contributed by atoms with E-state index in [2.05, 4.69) is 15.1 Å². The lowest BCUT2D eigenvalue weighted by molar-refractivity contribution is -0.139. The summed E-state index contributed by atoms with van der Waals surface area (Å²) in [6, 6.07) is 0.434. The van der Waals surface area contributed by atoms with Crippen molar-refractivity contribution in [3.63, 3.8) is 0 Å². The number of nitrogens with zero attached hydrogens (tertiary/aromatic N) is 6. The minimum absolute atomic E-state index is 0.00731. The monoisotopic (exact) mass is 557 g/mol. The predicted octanol–water partition coefficient (Wildman–Crippen LogP) is 2.77. The number of hydrogen-bond acceptors (Lipinski definition) is 8. The number of aromatic amines is 1. The second kappa shape index (κ2) is 9.86. The van der Waals surface area contributed by atoms with Crippen LogP contribution in [0.1, 0.15) is 17.5 Å². The Labute approximate surface area is 208 Å². The molecule has 18 heteroatoms. The number of nitrogens with one attached hydrogen (secondary N) is 1. The van der Waals surface area contributed by atoms with Crippen LogP contribution in [0.5, 0.6) is 0 Å². The molecular weight excluding hydrogens is 538 g/mol. The molecule has 1 N–H and O–H groups in total. The van der Waals surface area contributed by atoms with E-state index in [1.165, 1.54) is 4.90 Å². The van der Waals surface area contributed by atoms with Gasteiger partial charge in [-0.15, -0.1) is 0 Å². The van der Waals surface area contributed by atoms with E-state index in [1.54, 1.807) is 5.10 Å². The molecule has 0 radical (unpaired) electrons. The Bertz CT molecular complexity index is 1210. The number of carbonyl (C=O) groups is 1. The summed E-state index contributed by atoms with van der Waals surface area (Å²) in [4.78, 5) is 35.0. The van der Waals surface area contributed by atoms with E-state index >= 15 is 0 Å². The van der Waals surface area contributed by atoms with Crippen LogP contribution in [0, 0.1) is 0 Å². The van der Waals surface area contributed by atoms with E-state index in [0.29, 0.717) is 18.5 Å². The molecule has 0 aromatic carbocycles. The molecule has 2 aliphatic heterocycles. The third-order valence-electron chi connectivity index (χ3n) is 6.02. The second-order valence-electron chi connectivity index (χ2n) is 8.54. The van der Waals surface area contributed by atoms with Crippen molar-refractivity contribution in [3.05, 3.63) is 39.9 Å². The van der Waals surface area contributed by atoms with Crippen molar-refractivity contribution in [2.45, 2.75) is 30.8 Å². The van der Waals surface area contributed by atoms with Gasteiger partial charge >= 0.3 is 18.4 Å². The fraction of sp³-hybridized carbons (Fsp3) is 0.550. The van der Waals surface area contributed by atoms with Gasteiger partial charge in [0.15, 0.2) is 6.10 Å². The zero-order valence-electron chi connectivity index (χ0n) is 19.2. The number of piperidine rings is 1. The van der Waals surface area contributed by atoms with Gasteiger partial charge in [0.25, 0.3) is 11.5 Å². The van der Waals surface area contributed by atoms with Crippen LogP contribution < -0.4 is 15.4 Å². The van der Waals surface area contributed by atoms with Gasteiger partial charge in [0.1, 0.15) is 11.4 Å². The van der Waals surface area contributed by atoms with Crippen LogP contribution in [-0.2, 0) is 17.1 Å². The number of piperazine rings is 1. The fourth-order valence-electron chi connectivity index (χ4n) is 3.89. The number of H-pyrrole nitrogens is 1. The van der Waals surface area contributed by atoms with E-state index < -0.39 is 72.5 Å². The number of hydrogen-bond donors (Lipinski definition) is 1. The lowest BCUT2D eigenvalue weighted by atomic mass is 10.0. The highest BCUT2D eigenvalue weighted by Gasteiger charge is 2.48. The fourth-order valence-corrected chi connectivity index (χ4v) is 3.89. The van der Waals surface area contributed by atoms with Crippen LogP contribution in [0.3, 0.4) is 0 Å². The van der Waals surface area contributed by atoms with Gasteiger partial charge in [0.2, 0.25) is 5.95 Å². The molecule has 2 fully saturated rings. The van der Waals surface area contributed by atoms with Gasteiger partial charge in [-0.25, -0.2) is 28.6 Å². The second-order valence-corrected chi connectivity index (χ2v) is 8.54. The van der Waals surface area contributed by atoms with E-state index in [1.807, 2.05) is 0 Å². The number of ether oxygens (including phenoxy) is 1. The van der Waals surface area contributed by atoms with Crippen molar-refractivity contribution in [2.75, 3.05) is 49.1 Å². The van der Waals surface area contributed by atoms with Crippen molar-refractivity contribution < 1.29 is 44.7 Å². The number of halogens is 8. The molecule has 4 rings (SSSR count). The van der Waals surface area contributed by atoms with Crippen LogP contribution in [0.25, 0.3) is 0 Å². The maximum Gasteiger partial charge on any atom is 0.421 e. The molecule has 1 amide bonds. The van der Waals surface area contributed by atoms with Gasteiger partial charge in [0, 0.05) is 57.6 Å². The lowest BCUT2D eigenvalue weighted by Gasteiger charge is -2.40.